The maximum Gasteiger partial charge on any atom is 0.257 e. The van der Waals surface area contributed by atoms with Gasteiger partial charge in [0.15, 0.2) is 5.82 Å². The first-order valence-corrected chi connectivity index (χ1v) is 8.47. The van der Waals surface area contributed by atoms with E-state index in [1.807, 2.05) is 60.1 Å². The molecule has 0 aliphatic carbocycles. The summed E-state index contributed by atoms with van der Waals surface area (Å²) >= 11 is 0. The van der Waals surface area contributed by atoms with Gasteiger partial charge >= 0.3 is 0 Å². The van der Waals surface area contributed by atoms with Gasteiger partial charge in [0.25, 0.3) is 5.91 Å². The van der Waals surface area contributed by atoms with Gasteiger partial charge in [-0.2, -0.15) is 0 Å². The van der Waals surface area contributed by atoms with Gasteiger partial charge < -0.3 is 9.88 Å². The molecule has 0 radical (unpaired) electrons. The van der Waals surface area contributed by atoms with E-state index in [0.29, 0.717) is 5.56 Å². The lowest BCUT2D eigenvalue weighted by atomic mass is 10.0. The number of amides is 1. The summed E-state index contributed by atoms with van der Waals surface area (Å²) < 4.78 is 1.87. The van der Waals surface area contributed by atoms with Crippen LogP contribution in [0.15, 0.2) is 79.4 Å². The minimum absolute atomic E-state index is 0.194. The number of carbonyl (C=O) groups excluding carboxylic acids is 1. The Kier molecular flexibility index (Phi) is 4.45. The highest BCUT2D eigenvalue weighted by molar-refractivity contribution is 6.06. The number of nitrogens with zero attached hydrogens (tertiary/aromatic N) is 4. The zero-order chi connectivity index (χ0) is 18.6. The van der Waals surface area contributed by atoms with Gasteiger partial charge in [-0.1, -0.05) is 36.4 Å². The Morgan fingerprint density at radius 3 is 2.63 bits per heavy atom. The lowest BCUT2D eigenvalue weighted by molar-refractivity contribution is 0.102. The Hall–Kier alpha value is -3.80. The second-order valence-electron chi connectivity index (χ2n) is 6.09. The molecule has 0 atom stereocenters. The molecule has 0 saturated heterocycles. The van der Waals surface area contributed by atoms with E-state index in [0.717, 1.165) is 28.2 Å². The van der Waals surface area contributed by atoms with Crippen LogP contribution in [0.2, 0.25) is 0 Å². The predicted molar refractivity (Wildman–Crippen MR) is 104 cm³/mol. The molecular formula is C21H17N5O. The average Bonchev–Trinajstić information content (AvgIpc) is 3.15. The number of para-hydroxylation sites is 1. The molecule has 6 nitrogen and oxygen atoms in total. The summed E-state index contributed by atoms with van der Waals surface area (Å²) in [5.41, 5.74) is 4.12. The monoisotopic (exact) mass is 355 g/mol. The summed E-state index contributed by atoms with van der Waals surface area (Å²) in [5.74, 6) is 0.591. The normalized spacial score (nSPS) is 10.6. The Morgan fingerprint density at radius 1 is 1.00 bits per heavy atom. The molecule has 0 spiro atoms. The lowest BCUT2D eigenvalue weighted by Crippen LogP contribution is -2.12. The largest absolute Gasteiger partial charge is 0.321 e. The topological polar surface area (TPSA) is 72.7 Å². The minimum atomic E-state index is -0.194. The number of benzene rings is 2. The SMILES string of the molecule is Cn1cnnc1-c1cccc(-c2ccccc2NC(=O)c2cccnc2)c1. The maximum absolute atomic E-state index is 12.5. The Bertz CT molecular complexity index is 1090. The third-order valence-electron chi connectivity index (χ3n) is 4.24. The Morgan fingerprint density at radius 2 is 1.85 bits per heavy atom. The zero-order valence-corrected chi connectivity index (χ0v) is 14.7. The van der Waals surface area contributed by atoms with Crippen molar-refractivity contribution in [1.29, 1.82) is 0 Å². The number of aryl methyl sites for hydroxylation is 1. The van der Waals surface area contributed by atoms with Crippen LogP contribution in [0.3, 0.4) is 0 Å². The third-order valence-corrected chi connectivity index (χ3v) is 4.24. The van der Waals surface area contributed by atoms with E-state index in [4.69, 9.17) is 0 Å². The molecule has 1 N–H and O–H groups in total. The molecule has 0 fully saturated rings. The predicted octanol–water partition coefficient (Wildman–Crippen LogP) is 3.80. The van der Waals surface area contributed by atoms with Crippen molar-refractivity contribution in [2.24, 2.45) is 7.05 Å². The fraction of sp³-hybridized carbons (Fsp3) is 0.0476. The molecule has 4 rings (SSSR count). The Labute approximate surface area is 156 Å². The Balaban J connectivity index is 1.69. The van der Waals surface area contributed by atoms with Crippen LogP contribution in [-0.2, 0) is 7.05 Å². The quantitative estimate of drug-likeness (QED) is 0.604. The summed E-state index contributed by atoms with van der Waals surface area (Å²) in [6.07, 6.45) is 4.86. The first-order valence-electron chi connectivity index (χ1n) is 8.47. The molecule has 6 heteroatoms. The molecule has 2 aromatic heterocycles. The molecule has 132 valence electrons. The number of rotatable bonds is 4. The van der Waals surface area contributed by atoms with Crippen LogP contribution in [0.1, 0.15) is 10.4 Å². The van der Waals surface area contributed by atoms with E-state index in [9.17, 15) is 4.79 Å². The molecule has 2 aromatic carbocycles. The fourth-order valence-corrected chi connectivity index (χ4v) is 2.91. The molecule has 2 heterocycles. The van der Waals surface area contributed by atoms with Gasteiger partial charge in [0.1, 0.15) is 6.33 Å². The average molecular weight is 355 g/mol. The van der Waals surface area contributed by atoms with E-state index in [1.54, 1.807) is 30.9 Å². The number of carbonyl (C=O) groups is 1. The molecule has 1 amide bonds. The maximum atomic E-state index is 12.5. The fourth-order valence-electron chi connectivity index (χ4n) is 2.91. The van der Waals surface area contributed by atoms with Crippen molar-refractivity contribution in [3.63, 3.8) is 0 Å². The molecular weight excluding hydrogens is 338 g/mol. The number of anilines is 1. The van der Waals surface area contributed by atoms with Gasteiger partial charge in [0, 0.05) is 36.3 Å². The summed E-state index contributed by atoms with van der Waals surface area (Å²) in [6.45, 7) is 0. The molecule has 4 aromatic rings. The van der Waals surface area contributed by atoms with Gasteiger partial charge in [-0.25, -0.2) is 0 Å². The molecule has 27 heavy (non-hydrogen) atoms. The van der Waals surface area contributed by atoms with E-state index in [2.05, 4.69) is 20.5 Å². The van der Waals surface area contributed by atoms with Crippen molar-refractivity contribution in [3.05, 3.63) is 84.9 Å². The van der Waals surface area contributed by atoms with E-state index in [-0.39, 0.29) is 5.91 Å². The third kappa shape index (κ3) is 3.46. The summed E-state index contributed by atoms with van der Waals surface area (Å²) in [7, 11) is 1.91. The zero-order valence-electron chi connectivity index (χ0n) is 14.7. The summed E-state index contributed by atoms with van der Waals surface area (Å²) in [6, 6.07) is 19.2. The minimum Gasteiger partial charge on any atom is -0.321 e. The van der Waals surface area contributed by atoms with Crippen molar-refractivity contribution < 1.29 is 4.79 Å². The molecule has 0 aliphatic heterocycles. The van der Waals surface area contributed by atoms with Gasteiger partial charge in [0.2, 0.25) is 0 Å². The second kappa shape index (κ2) is 7.21. The van der Waals surface area contributed by atoms with E-state index < -0.39 is 0 Å². The second-order valence-corrected chi connectivity index (χ2v) is 6.09. The summed E-state index contributed by atoms with van der Waals surface area (Å²) in [5, 5.41) is 11.1. The molecule has 0 unspecified atom stereocenters. The first kappa shape index (κ1) is 16.7. The molecule has 0 saturated carbocycles. The smallest absolute Gasteiger partial charge is 0.257 e. The van der Waals surface area contributed by atoms with Crippen molar-refractivity contribution in [3.8, 4) is 22.5 Å². The van der Waals surface area contributed by atoms with Crippen molar-refractivity contribution in [2.45, 2.75) is 0 Å². The number of pyridine rings is 1. The number of hydrogen-bond donors (Lipinski definition) is 1. The highest BCUT2D eigenvalue weighted by Gasteiger charge is 2.12. The number of aromatic nitrogens is 4. The molecule has 0 aliphatic rings. The number of hydrogen-bond acceptors (Lipinski definition) is 4. The summed E-state index contributed by atoms with van der Waals surface area (Å²) in [4.78, 5) is 16.5. The highest BCUT2D eigenvalue weighted by atomic mass is 16.1. The van der Waals surface area contributed by atoms with Crippen molar-refractivity contribution in [2.75, 3.05) is 5.32 Å². The van der Waals surface area contributed by atoms with Crippen LogP contribution in [0.4, 0.5) is 5.69 Å². The van der Waals surface area contributed by atoms with Crippen LogP contribution in [0.5, 0.6) is 0 Å². The van der Waals surface area contributed by atoms with Gasteiger partial charge in [-0.15, -0.1) is 10.2 Å². The number of nitrogens with one attached hydrogen (secondary N) is 1. The lowest BCUT2D eigenvalue weighted by Gasteiger charge is -2.12. The van der Waals surface area contributed by atoms with Gasteiger partial charge in [-0.3, -0.25) is 9.78 Å². The highest BCUT2D eigenvalue weighted by Crippen LogP contribution is 2.30. The van der Waals surface area contributed by atoms with Gasteiger partial charge in [0.05, 0.1) is 5.56 Å². The first-order chi connectivity index (χ1) is 13.2. The van der Waals surface area contributed by atoms with Crippen LogP contribution >= 0.6 is 0 Å². The van der Waals surface area contributed by atoms with Crippen LogP contribution in [0, 0.1) is 0 Å². The molecule has 0 bridgehead atoms. The van der Waals surface area contributed by atoms with E-state index >= 15 is 0 Å². The van der Waals surface area contributed by atoms with Crippen LogP contribution in [-0.4, -0.2) is 25.7 Å². The van der Waals surface area contributed by atoms with Crippen LogP contribution in [0.25, 0.3) is 22.5 Å². The van der Waals surface area contributed by atoms with Crippen LogP contribution < -0.4 is 5.32 Å². The van der Waals surface area contributed by atoms with Crippen molar-refractivity contribution >= 4 is 11.6 Å². The van der Waals surface area contributed by atoms with E-state index in [1.165, 1.54) is 0 Å². The van der Waals surface area contributed by atoms with Crippen molar-refractivity contribution in [1.82, 2.24) is 19.7 Å². The van der Waals surface area contributed by atoms with Gasteiger partial charge in [-0.05, 0) is 29.8 Å². The standard InChI is InChI=1S/C21H17N5O/c1-26-14-23-25-20(26)16-7-4-6-15(12-16)18-9-2-3-10-19(18)24-21(27)17-8-5-11-22-13-17/h2-14H,1H3,(H,24,27).